The molecule has 0 spiro atoms. The molecule has 0 aliphatic carbocycles. The Morgan fingerprint density at radius 1 is 1.12 bits per heavy atom. The number of amides is 1. The number of non-ortho nitro benzene ring substituents is 1. The first-order valence-electron chi connectivity index (χ1n) is 8.83. The number of hydrogen-bond donors (Lipinski definition) is 1. The molecule has 33 heavy (non-hydrogen) atoms. The summed E-state index contributed by atoms with van der Waals surface area (Å²) in [6, 6.07) is 11.0. The maximum Gasteiger partial charge on any atom is 0.417 e. The van der Waals surface area contributed by atoms with E-state index in [-0.39, 0.29) is 27.9 Å². The maximum absolute atomic E-state index is 12.8. The van der Waals surface area contributed by atoms with Crippen molar-refractivity contribution >= 4 is 46.6 Å². The number of benzene rings is 2. The van der Waals surface area contributed by atoms with E-state index in [1.165, 1.54) is 24.3 Å². The van der Waals surface area contributed by atoms with Crippen molar-refractivity contribution < 1.29 is 27.3 Å². The summed E-state index contributed by atoms with van der Waals surface area (Å²) in [5.74, 6) is -0.579. The van der Waals surface area contributed by atoms with Crippen molar-refractivity contribution in [2.75, 3.05) is 5.32 Å². The number of nitrogens with one attached hydrogen (secondary N) is 1. The van der Waals surface area contributed by atoms with Gasteiger partial charge < -0.3 is 9.73 Å². The Morgan fingerprint density at radius 2 is 1.85 bits per heavy atom. The summed E-state index contributed by atoms with van der Waals surface area (Å²) in [5, 5.41) is 21.9. The molecular formula is C21H10Cl2F3N3O4. The Bertz CT molecular complexity index is 1330. The zero-order valence-electron chi connectivity index (χ0n) is 16.1. The Morgan fingerprint density at radius 3 is 2.42 bits per heavy atom. The van der Waals surface area contributed by atoms with Crippen molar-refractivity contribution in [2.24, 2.45) is 0 Å². The topological polar surface area (TPSA) is 109 Å². The highest BCUT2D eigenvalue weighted by Crippen LogP contribution is 2.36. The Hall–Kier alpha value is -3.81. The highest BCUT2D eigenvalue weighted by atomic mass is 35.5. The second kappa shape index (κ2) is 9.36. The van der Waals surface area contributed by atoms with E-state index in [2.05, 4.69) is 5.32 Å². The fourth-order valence-electron chi connectivity index (χ4n) is 2.70. The van der Waals surface area contributed by atoms with Crippen LogP contribution < -0.4 is 5.32 Å². The van der Waals surface area contributed by atoms with Gasteiger partial charge in [-0.1, -0.05) is 23.2 Å². The Balaban J connectivity index is 1.81. The van der Waals surface area contributed by atoms with E-state index in [0.717, 1.165) is 24.3 Å². The molecule has 3 aromatic rings. The van der Waals surface area contributed by atoms with E-state index in [4.69, 9.17) is 27.6 Å². The molecule has 168 valence electrons. The molecular weight excluding hydrogens is 486 g/mol. The summed E-state index contributed by atoms with van der Waals surface area (Å²) >= 11 is 11.7. The normalized spacial score (nSPS) is 11.7. The van der Waals surface area contributed by atoms with E-state index >= 15 is 0 Å². The number of nitrogens with zero attached hydrogens (tertiary/aromatic N) is 2. The zero-order chi connectivity index (χ0) is 24.3. The molecule has 7 nitrogen and oxygen atoms in total. The minimum atomic E-state index is -4.65. The molecule has 0 atom stereocenters. The molecule has 1 heterocycles. The number of nitriles is 1. The summed E-state index contributed by atoms with van der Waals surface area (Å²) in [5.41, 5.74) is -1.36. The second-order valence-electron chi connectivity index (χ2n) is 6.44. The fraction of sp³-hybridized carbons (Fsp3) is 0.0476. The van der Waals surface area contributed by atoms with Crippen LogP contribution in [0.15, 0.2) is 58.5 Å². The molecule has 0 bridgehead atoms. The highest BCUT2D eigenvalue weighted by Gasteiger charge is 2.33. The first kappa shape index (κ1) is 23.8. The molecule has 0 saturated carbocycles. The van der Waals surface area contributed by atoms with Crippen LogP contribution >= 0.6 is 23.2 Å². The number of furan rings is 1. The van der Waals surface area contributed by atoms with Gasteiger partial charge in [-0.2, -0.15) is 18.4 Å². The first-order valence-corrected chi connectivity index (χ1v) is 9.59. The van der Waals surface area contributed by atoms with Gasteiger partial charge in [0.15, 0.2) is 0 Å². The number of nitro benzene ring substituents is 1. The van der Waals surface area contributed by atoms with Gasteiger partial charge in [0.05, 0.1) is 20.5 Å². The predicted octanol–water partition coefficient (Wildman–Crippen LogP) is 6.73. The minimum absolute atomic E-state index is 0.0445. The SMILES string of the molecule is N#C/C(=C\c1ccc(-c2ccc([N+](=O)[O-])cc2Cl)o1)C(=O)Nc1ccc(C(F)(F)F)c(Cl)c1. The van der Waals surface area contributed by atoms with Crippen molar-refractivity contribution in [1.82, 2.24) is 0 Å². The summed E-state index contributed by atoms with van der Waals surface area (Å²) in [6.07, 6.45) is -3.54. The van der Waals surface area contributed by atoms with Crippen LogP contribution in [-0.4, -0.2) is 10.8 Å². The van der Waals surface area contributed by atoms with Crippen LogP contribution in [0, 0.1) is 21.4 Å². The minimum Gasteiger partial charge on any atom is -0.457 e. The van der Waals surface area contributed by atoms with Gasteiger partial charge in [-0.25, -0.2) is 0 Å². The average molecular weight is 496 g/mol. The van der Waals surface area contributed by atoms with E-state index in [1.54, 1.807) is 6.07 Å². The lowest BCUT2D eigenvalue weighted by atomic mass is 10.1. The lowest BCUT2D eigenvalue weighted by Gasteiger charge is -2.10. The van der Waals surface area contributed by atoms with Gasteiger partial charge in [0, 0.05) is 29.5 Å². The van der Waals surface area contributed by atoms with Gasteiger partial charge in [-0.3, -0.25) is 14.9 Å². The fourth-order valence-corrected chi connectivity index (χ4v) is 3.26. The molecule has 1 amide bonds. The third kappa shape index (κ3) is 5.52. The molecule has 0 unspecified atom stereocenters. The van der Waals surface area contributed by atoms with Crippen LogP contribution in [0.5, 0.6) is 0 Å². The van der Waals surface area contributed by atoms with Crippen LogP contribution in [0.25, 0.3) is 17.4 Å². The lowest BCUT2D eigenvalue weighted by molar-refractivity contribution is -0.384. The molecule has 0 saturated heterocycles. The van der Waals surface area contributed by atoms with Gasteiger partial charge in [0.2, 0.25) is 0 Å². The summed E-state index contributed by atoms with van der Waals surface area (Å²) in [6.45, 7) is 0. The number of anilines is 1. The van der Waals surface area contributed by atoms with E-state index < -0.39 is 33.2 Å². The van der Waals surface area contributed by atoms with E-state index in [0.29, 0.717) is 11.6 Å². The first-order chi connectivity index (χ1) is 15.5. The predicted molar refractivity (Wildman–Crippen MR) is 114 cm³/mol. The van der Waals surface area contributed by atoms with Crippen LogP contribution in [0.4, 0.5) is 24.5 Å². The standard InChI is InChI=1S/C21H10Cl2F3N3O4/c22-17-9-13(29(31)32)2-4-15(17)19-6-3-14(33-19)7-11(10-27)20(30)28-12-1-5-16(18(23)8-12)21(24,25)26/h1-9H,(H,28,30)/b11-7+. The number of carbonyl (C=O) groups is 1. The molecule has 3 rings (SSSR count). The number of nitro groups is 1. The van der Waals surface area contributed by atoms with E-state index in [1.807, 2.05) is 0 Å². The van der Waals surface area contributed by atoms with Gasteiger partial charge in [0.25, 0.3) is 11.6 Å². The van der Waals surface area contributed by atoms with Gasteiger partial charge in [0.1, 0.15) is 23.2 Å². The summed E-state index contributed by atoms with van der Waals surface area (Å²) < 4.78 is 43.9. The van der Waals surface area contributed by atoms with Crippen LogP contribution in [0.3, 0.4) is 0 Å². The van der Waals surface area contributed by atoms with Crippen molar-refractivity contribution in [2.45, 2.75) is 6.18 Å². The third-order valence-electron chi connectivity index (χ3n) is 4.24. The number of hydrogen-bond acceptors (Lipinski definition) is 5. The van der Waals surface area contributed by atoms with Gasteiger partial charge in [-0.15, -0.1) is 0 Å². The Labute approximate surface area is 193 Å². The number of carbonyl (C=O) groups excluding carboxylic acids is 1. The third-order valence-corrected chi connectivity index (χ3v) is 4.87. The molecule has 12 heteroatoms. The number of halogens is 5. The number of alkyl halides is 3. The summed E-state index contributed by atoms with van der Waals surface area (Å²) in [4.78, 5) is 22.6. The van der Waals surface area contributed by atoms with E-state index in [9.17, 15) is 33.3 Å². The van der Waals surface area contributed by atoms with Gasteiger partial charge in [-0.05, 0) is 36.4 Å². The quantitative estimate of drug-likeness (QED) is 0.182. The molecule has 0 fully saturated rings. The smallest absolute Gasteiger partial charge is 0.417 e. The maximum atomic E-state index is 12.8. The van der Waals surface area contributed by atoms with Crippen molar-refractivity contribution in [3.8, 4) is 17.4 Å². The van der Waals surface area contributed by atoms with Crippen molar-refractivity contribution in [3.63, 3.8) is 0 Å². The number of rotatable bonds is 5. The summed E-state index contributed by atoms with van der Waals surface area (Å²) in [7, 11) is 0. The molecule has 0 aliphatic heterocycles. The molecule has 1 aromatic heterocycles. The molecule has 0 aliphatic rings. The van der Waals surface area contributed by atoms with Gasteiger partial charge >= 0.3 is 6.18 Å². The van der Waals surface area contributed by atoms with Crippen LogP contribution in [0.2, 0.25) is 10.0 Å². The monoisotopic (exact) mass is 495 g/mol. The largest absolute Gasteiger partial charge is 0.457 e. The van der Waals surface area contributed by atoms with Crippen molar-refractivity contribution in [3.05, 3.63) is 85.6 Å². The molecule has 2 aromatic carbocycles. The second-order valence-corrected chi connectivity index (χ2v) is 7.25. The average Bonchev–Trinajstić information content (AvgIpc) is 3.19. The highest BCUT2D eigenvalue weighted by molar-refractivity contribution is 6.33. The molecule has 1 N–H and O–H groups in total. The van der Waals surface area contributed by atoms with Crippen LogP contribution in [0.1, 0.15) is 11.3 Å². The zero-order valence-corrected chi connectivity index (χ0v) is 17.6. The van der Waals surface area contributed by atoms with Crippen molar-refractivity contribution in [1.29, 1.82) is 5.26 Å². The molecule has 0 radical (unpaired) electrons. The lowest BCUT2D eigenvalue weighted by Crippen LogP contribution is -2.14. The Kier molecular flexibility index (Phi) is 6.76. The van der Waals surface area contributed by atoms with Crippen LogP contribution in [-0.2, 0) is 11.0 Å².